The lowest BCUT2D eigenvalue weighted by molar-refractivity contribution is -0.138. The summed E-state index contributed by atoms with van der Waals surface area (Å²) in [5, 5.41) is 11.9. The number of hydrogen-bond donors (Lipinski definition) is 2. The summed E-state index contributed by atoms with van der Waals surface area (Å²) >= 11 is 6.04. The zero-order chi connectivity index (χ0) is 15.8. The van der Waals surface area contributed by atoms with Crippen molar-refractivity contribution in [2.24, 2.45) is 0 Å². The first-order valence-corrected chi connectivity index (χ1v) is 6.79. The molecule has 21 heavy (non-hydrogen) atoms. The molecule has 0 atom stereocenters. The van der Waals surface area contributed by atoms with Crippen molar-refractivity contribution in [2.45, 2.75) is 6.92 Å². The lowest BCUT2D eigenvalue weighted by Crippen LogP contribution is -2.38. The highest BCUT2D eigenvalue weighted by Gasteiger charge is 2.14. The van der Waals surface area contributed by atoms with Gasteiger partial charge in [0, 0.05) is 13.7 Å². The van der Waals surface area contributed by atoms with Crippen LogP contribution >= 0.6 is 11.6 Å². The van der Waals surface area contributed by atoms with Crippen LogP contribution in [0.3, 0.4) is 0 Å². The van der Waals surface area contributed by atoms with Gasteiger partial charge in [0.1, 0.15) is 0 Å². The number of aryl methyl sites for hydroxylation is 1. The third kappa shape index (κ3) is 6.57. The number of amides is 1. The Morgan fingerprint density at radius 1 is 1.38 bits per heavy atom. The number of carbonyl (C=O) groups is 2. The number of nitrogens with one attached hydrogen (secondary N) is 1. The van der Waals surface area contributed by atoms with Gasteiger partial charge in [-0.15, -0.1) is 0 Å². The number of halogens is 1. The molecule has 0 bridgehead atoms. The summed E-state index contributed by atoms with van der Waals surface area (Å²) in [5.74, 6) is -1.31. The molecule has 1 rings (SSSR count). The molecule has 0 saturated carbocycles. The summed E-state index contributed by atoms with van der Waals surface area (Å²) < 4.78 is 4.90. The molecule has 6 nitrogen and oxygen atoms in total. The van der Waals surface area contributed by atoms with Gasteiger partial charge < -0.3 is 15.2 Å². The van der Waals surface area contributed by atoms with Gasteiger partial charge in [0.2, 0.25) is 5.91 Å². The molecule has 0 spiro atoms. The minimum absolute atomic E-state index is 0.0418. The average Bonchev–Trinajstić information content (AvgIpc) is 2.38. The second-order valence-electron chi connectivity index (χ2n) is 4.63. The molecule has 0 unspecified atom stereocenters. The van der Waals surface area contributed by atoms with Gasteiger partial charge >= 0.3 is 5.97 Å². The van der Waals surface area contributed by atoms with Crippen molar-refractivity contribution in [3.05, 3.63) is 28.8 Å². The largest absolute Gasteiger partial charge is 0.480 e. The molecule has 1 aromatic rings. The van der Waals surface area contributed by atoms with E-state index < -0.39 is 5.97 Å². The lowest BCUT2D eigenvalue weighted by Gasteiger charge is -2.19. The third-order valence-electron chi connectivity index (χ3n) is 2.74. The van der Waals surface area contributed by atoms with Crippen molar-refractivity contribution in [3.63, 3.8) is 0 Å². The zero-order valence-corrected chi connectivity index (χ0v) is 12.8. The van der Waals surface area contributed by atoms with Gasteiger partial charge in [0.15, 0.2) is 0 Å². The van der Waals surface area contributed by atoms with Gasteiger partial charge in [-0.05, 0) is 24.6 Å². The second-order valence-corrected chi connectivity index (χ2v) is 5.04. The Morgan fingerprint density at radius 3 is 2.67 bits per heavy atom. The summed E-state index contributed by atoms with van der Waals surface area (Å²) in [6.07, 6.45) is 0. The van der Waals surface area contributed by atoms with Crippen LogP contribution in [0.4, 0.5) is 5.69 Å². The molecule has 0 aliphatic rings. The fraction of sp³-hybridized carbons (Fsp3) is 0.429. The molecule has 1 amide bonds. The Bertz CT molecular complexity index is 508. The Labute approximate surface area is 128 Å². The van der Waals surface area contributed by atoms with Gasteiger partial charge in [-0.3, -0.25) is 14.5 Å². The molecule has 0 aliphatic carbocycles. The molecule has 1 aromatic carbocycles. The van der Waals surface area contributed by atoms with Crippen LogP contribution < -0.4 is 5.32 Å². The Balaban J connectivity index is 2.61. The van der Waals surface area contributed by atoms with Crippen molar-refractivity contribution in [1.29, 1.82) is 0 Å². The number of carboxylic acids is 1. The standard InChI is InChI=1S/C14H19ClN2O4/c1-10-3-4-12(11(15)7-10)16-13(18)8-17(5-6-21-2)9-14(19)20/h3-4,7H,5-6,8-9H2,1-2H3,(H,16,18)(H,19,20). The summed E-state index contributed by atoms with van der Waals surface area (Å²) in [4.78, 5) is 24.2. The van der Waals surface area contributed by atoms with E-state index in [-0.39, 0.29) is 19.0 Å². The normalized spacial score (nSPS) is 10.7. The maximum atomic E-state index is 12.0. The first-order valence-electron chi connectivity index (χ1n) is 6.41. The van der Waals surface area contributed by atoms with Crippen LogP contribution in [-0.2, 0) is 14.3 Å². The molecule has 0 fully saturated rings. The smallest absolute Gasteiger partial charge is 0.317 e. The van der Waals surface area contributed by atoms with Gasteiger partial charge in [-0.1, -0.05) is 17.7 Å². The number of benzene rings is 1. The van der Waals surface area contributed by atoms with Gasteiger partial charge in [0.25, 0.3) is 0 Å². The molecule has 0 radical (unpaired) electrons. The molecular weight excluding hydrogens is 296 g/mol. The predicted molar refractivity (Wildman–Crippen MR) is 80.8 cm³/mol. The van der Waals surface area contributed by atoms with Crippen molar-refractivity contribution < 1.29 is 19.4 Å². The maximum absolute atomic E-state index is 12.0. The topological polar surface area (TPSA) is 78.9 Å². The van der Waals surface area contributed by atoms with Crippen LogP contribution in [0, 0.1) is 6.92 Å². The molecule has 116 valence electrons. The van der Waals surface area contributed by atoms with Crippen LogP contribution in [-0.4, -0.2) is 55.2 Å². The molecule has 0 saturated heterocycles. The van der Waals surface area contributed by atoms with E-state index in [9.17, 15) is 9.59 Å². The quantitative estimate of drug-likeness (QED) is 0.762. The van der Waals surface area contributed by atoms with E-state index in [1.807, 2.05) is 13.0 Å². The number of anilines is 1. The van der Waals surface area contributed by atoms with E-state index in [0.717, 1.165) is 5.56 Å². The molecule has 0 aromatic heterocycles. The first kappa shape index (κ1) is 17.4. The van der Waals surface area contributed by atoms with Crippen molar-refractivity contribution in [3.8, 4) is 0 Å². The number of hydrogen-bond acceptors (Lipinski definition) is 4. The minimum atomic E-state index is -0.993. The van der Waals surface area contributed by atoms with E-state index in [1.165, 1.54) is 12.0 Å². The predicted octanol–water partition coefficient (Wildman–Crippen LogP) is 1.62. The average molecular weight is 315 g/mol. The number of nitrogens with zero attached hydrogens (tertiary/aromatic N) is 1. The maximum Gasteiger partial charge on any atom is 0.317 e. The molecular formula is C14H19ClN2O4. The Kier molecular flexibility index (Phi) is 7.14. The highest BCUT2D eigenvalue weighted by Crippen LogP contribution is 2.22. The van der Waals surface area contributed by atoms with Crippen LogP contribution in [0.2, 0.25) is 5.02 Å². The summed E-state index contributed by atoms with van der Waals surface area (Å²) in [6, 6.07) is 5.30. The van der Waals surface area contributed by atoms with Crippen LogP contribution in [0.5, 0.6) is 0 Å². The van der Waals surface area contributed by atoms with E-state index in [4.69, 9.17) is 21.4 Å². The summed E-state index contributed by atoms with van der Waals surface area (Å²) in [6.45, 7) is 2.35. The van der Waals surface area contributed by atoms with Crippen molar-refractivity contribution in [1.82, 2.24) is 4.90 Å². The molecule has 0 aliphatic heterocycles. The number of carboxylic acid groups (broad SMARTS) is 1. The van der Waals surface area contributed by atoms with E-state index in [1.54, 1.807) is 12.1 Å². The number of ether oxygens (including phenoxy) is 1. The molecule has 2 N–H and O–H groups in total. The van der Waals surface area contributed by atoms with Gasteiger partial charge in [-0.2, -0.15) is 0 Å². The fourth-order valence-electron chi connectivity index (χ4n) is 1.74. The fourth-order valence-corrected chi connectivity index (χ4v) is 2.02. The monoisotopic (exact) mass is 314 g/mol. The molecule has 0 heterocycles. The number of aliphatic carboxylic acids is 1. The van der Waals surface area contributed by atoms with Gasteiger partial charge in [-0.25, -0.2) is 0 Å². The van der Waals surface area contributed by atoms with Crippen LogP contribution in [0.25, 0.3) is 0 Å². The minimum Gasteiger partial charge on any atom is -0.480 e. The van der Waals surface area contributed by atoms with Crippen molar-refractivity contribution >= 4 is 29.2 Å². The van der Waals surface area contributed by atoms with E-state index >= 15 is 0 Å². The SMILES string of the molecule is COCCN(CC(=O)O)CC(=O)Nc1ccc(C)cc1Cl. The highest BCUT2D eigenvalue weighted by atomic mass is 35.5. The Hall–Kier alpha value is -1.63. The van der Waals surface area contributed by atoms with Gasteiger partial charge in [0.05, 0.1) is 30.4 Å². The first-order chi connectivity index (χ1) is 9.92. The highest BCUT2D eigenvalue weighted by molar-refractivity contribution is 6.33. The van der Waals surface area contributed by atoms with E-state index in [2.05, 4.69) is 5.32 Å². The number of rotatable bonds is 8. The van der Waals surface area contributed by atoms with Crippen LogP contribution in [0.1, 0.15) is 5.56 Å². The summed E-state index contributed by atoms with van der Waals surface area (Å²) in [5.41, 5.74) is 1.50. The number of methoxy groups -OCH3 is 1. The lowest BCUT2D eigenvalue weighted by atomic mass is 10.2. The third-order valence-corrected chi connectivity index (χ3v) is 3.05. The summed E-state index contributed by atoms with van der Waals surface area (Å²) in [7, 11) is 1.52. The number of carbonyl (C=O) groups excluding carboxylic acids is 1. The van der Waals surface area contributed by atoms with Crippen molar-refractivity contribution in [2.75, 3.05) is 38.7 Å². The second kappa shape index (κ2) is 8.61. The van der Waals surface area contributed by atoms with E-state index in [0.29, 0.717) is 23.9 Å². The van der Waals surface area contributed by atoms with Crippen LogP contribution in [0.15, 0.2) is 18.2 Å². The molecule has 7 heteroatoms. The zero-order valence-electron chi connectivity index (χ0n) is 12.1. The Morgan fingerprint density at radius 2 is 2.10 bits per heavy atom.